The van der Waals surface area contributed by atoms with Gasteiger partial charge >= 0.3 is 0 Å². The zero-order valence-corrected chi connectivity index (χ0v) is 18.3. The van der Waals surface area contributed by atoms with Gasteiger partial charge in [-0.25, -0.2) is 4.98 Å². The van der Waals surface area contributed by atoms with Crippen molar-refractivity contribution in [1.82, 2.24) is 9.55 Å². The predicted octanol–water partition coefficient (Wildman–Crippen LogP) is 4.48. The number of benzene rings is 2. The highest BCUT2D eigenvalue weighted by molar-refractivity contribution is 6.33. The van der Waals surface area contributed by atoms with Gasteiger partial charge in [0.15, 0.2) is 0 Å². The zero-order valence-electron chi connectivity index (χ0n) is 17.6. The van der Waals surface area contributed by atoms with Crippen molar-refractivity contribution in [3.8, 4) is 16.9 Å². The number of aromatic nitrogens is 2. The van der Waals surface area contributed by atoms with Gasteiger partial charge in [0, 0.05) is 60.1 Å². The number of hydrogen-bond donors (Lipinski definition) is 1. The third-order valence-corrected chi connectivity index (χ3v) is 5.67. The Balaban J connectivity index is 1.71. The Morgan fingerprint density at radius 1 is 1.10 bits per heavy atom. The van der Waals surface area contributed by atoms with Crippen molar-refractivity contribution in [2.75, 3.05) is 24.8 Å². The van der Waals surface area contributed by atoms with E-state index in [9.17, 15) is 4.79 Å². The number of pyridine rings is 2. The monoisotopic (exact) mass is 434 g/mol. The van der Waals surface area contributed by atoms with Gasteiger partial charge in [0.05, 0.1) is 12.6 Å². The maximum atomic E-state index is 13.1. The number of hydrogen-bond acceptors (Lipinski definition) is 5. The van der Waals surface area contributed by atoms with Crippen molar-refractivity contribution in [1.29, 1.82) is 0 Å². The lowest BCUT2D eigenvalue weighted by molar-refractivity contribution is 0.414. The molecule has 6 nitrogen and oxygen atoms in total. The summed E-state index contributed by atoms with van der Waals surface area (Å²) in [6, 6.07) is 16.8. The van der Waals surface area contributed by atoms with Crippen LogP contribution in [0.3, 0.4) is 0 Å². The summed E-state index contributed by atoms with van der Waals surface area (Å²) in [4.78, 5) is 19.7. The summed E-state index contributed by atoms with van der Waals surface area (Å²) in [7, 11) is 5.37. The molecule has 0 saturated heterocycles. The summed E-state index contributed by atoms with van der Waals surface area (Å²) in [6.07, 6.45) is 1.78. The number of rotatable bonds is 5. The van der Waals surface area contributed by atoms with Crippen molar-refractivity contribution in [2.24, 2.45) is 7.05 Å². The first-order valence-electron chi connectivity index (χ1n) is 9.76. The summed E-state index contributed by atoms with van der Waals surface area (Å²) in [5.41, 5.74) is 9.35. The van der Waals surface area contributed by atoms with Crippen LogP contribution in [0.1, 0.15) is 5.56 Å². The van der Waals surface area contributed by atoms with Crippen LogP contribution in [-0.4, -0.2) is 23.7 Å². The van der Waals surface area contributed by atoms with E-state index in [0.717, 1.165) is 28.0 Å². The highest BCUT2D eigenvalue weighted by Crippen LogP contribution is 2.30. The SMILES string of the molecule is COc1ccc(CN(C)c2cc3c(cn2)cc(-c2cc(N)ccc2Cl)c(=O)n3C)cc1. The van der Waals surface area contributed by atoms with Crippen LogP contribution < -0.4 is 20.9 Å². The number of nitrogens with zero attached hydrogens (tertiary/aromatic N) is 3. The van der Waals surface area contributed by atoms with Crippen LogP contribution >= 0.6 is 11.6 Å². The molecule has 0 bridgehead atoms. The average molecular weight is 435 g/mol. The van der Waals surface area contributed by atoms with Crippen molar-refractivity contribution in [3.63, 3.8) is 0 Å². The standard InChI is InChI=1S/C24H23ClN4O2/c1-28(14-15-4-7-18(31-3)8-5-15)23-12-22-16(13-27-23)10-20(24(30)29(22)2)19-11-17(26)6-9-21(19)25/h4-13H,14,26H2,1-3H3. The van der Waals surface area contributed by atoms with Crippen LogP contribution in [0.4, 0.5) is 11.5 Å². The molecule has 0 spiro atoms. The van der Waals surface area contributed by atoms with Crippen molar-refractivity contribution in [3.05, 3.63) is 81.7 Å². The molecule has 7 heteroatoms. The molecule has 4 aromatic rings. The minimum absolute atomic E-state index is 0.144. The van der Waals surface area contributed by atoms with Gasteiger partial charge in [-0.2, -0.15) is 0 Å². The van der Waals surface area contributed by atoms with Gasteiger partial charge in [-0.05, 0) is 42.0 Å². The van der Waals surface area contributed by atoms with E-state index in [0.29, 0.717) is 28.4 Å². The number of nitrogen functional groups attached to an aromatic ring is 1. The topological polar surface area (TPSA) is 73.4 Å². The Morgan fingerprint density at radius 3 is 2.55 bits per heavy atom. The minimum Gasteiger partial charge on any atom is -0.497 e. The van der Waals surface area contributed by atoms with Gasteiger partial charge in [-0.15, -0.1) is 0 Å². The van der Waals surface area contributed by atoms with E-state index in [2.05, 4.69) is 4.98 Å². The van der Waals surface area contributed by atoms with Gasteiger partial charge in [0.25, 0.3) is 5.56 Å². The number of halogens is 1. The normalized spacial score (nSPS) is 11.0. The highest BCUT2D eigenvalue weighted by atomic mass is 35.5. The minimum atomic E-state index is -0.144. The summed E-state index contributed by atoms with van der Waals surface area (Å²) >= 11 is 6.34. The van der Waals surface area contributed by atoms with E-state index in [1.807, 2.05) is 48.3 Å². The molecule has 0 aliphatic heterocycles. The molecule has 2 aromatic heterocycles. The van der Waals surface area contributed by atoms with Crippen LogP contribution in [0, 0.1) is 0 Å². The maximum Gasteiger partial charge on any atom is 0.258 e. The van der Waals surface area contributed by atoms with Crippen LogP contribution in [0.5, 0.6) is 5.75 Å². The molecule has 0 saturated carbocycles. The molecule has 0 aliphatic rings. The number of ether oxygens (including phenoxy) is 1. The predicted molar refractivity (Wildman–Crippen MR) is 127 cm³/mol. The number of nitrogens with two attached hydrogens (primary N) is 1. The summed E-state index contributed by atoms with van der Waals surface area (Å²) in [5, 5.41) is 1.33. The largest absolute Gasteiger partial charge is 0.497 e. The van der Waals surface area contributed by atoms with Gasteiger partial charge in [0.2, 0.25) is 0 Å². The fraction of sp³-hybridized carbons (Fsp3) is 0.167. The lowest BCUT2D eigenvalue weighted by atomic mass is 10.0. The first-order valence-corrected chi connectivity index (χ1v) is 10.1. The number of fused-ring (bicyclic) bond motifs is 1. The lowest BCUT2D eigenvalue weighted by Crippen LogP contribution is -2.21. The molecular formula is C24H23ClN4O2. The van der Waals surface area contributed by atoms with Crippen molar-refractivity contribution >= 4 is 34.0 Å². The quantitative estimate of drug-likeness (QED) is 0.469. The van der Waals surface area contributed by atoms with Gasteiger partial charge < -0.3 is 19.9 Å². The Labute approximate surface area is 185 Å². The van der Waals surface area contributed by atoms with Crippen LogP contribution in [0.2, 0.25) is 5.02 Å². The zero-order chi connectivity index (χ0) is 22.1. The Bertz CT molecular complexity index is 1320. The van der Waals surface area contributed by atoms with E-state index >= 15 is 0 Å². The molecule has 2 heterocycles. The molecule has 158 valence electrons. The molecule has 0 amide bonds. The van der Waals surface area contributed by atoms with Crippen LogP contribution in [0.15, 0.2) is 65.6 Å². The van der Waals surface area contributed by atoms with E-state index in [1.54, 1.807) is 43.1 Å². The number of aryl methyl sites for hydroxylation is 1. The fourth-order valence-electron chi connectivity index (χ4n) is 3.59. The van der Waals surface area contributed by atoms with Crippen LogP contribution in [0.25, 0.3) is 22.0 Å². The molecule has 0 fully saturated rings. The molecule has 2 N–H and O–H groups in total. The molecule has 4 rings (SSSR count). The van der Waals surface area contributed by atoms with Crippen molar-refractivity contribution in [2.45, 2.75) is 6.54 Å². The van der Waals surface area contributed by atoms with E-state index in [4.69, 9.17) is 22.1 Å². The van der Waals surface area contributed by atoms with E-state index < -0.39 is 0 Å². The van der Waals surface area contributed by atoms with Crippen LogP contribution in [-0.2, 0) is 13.6 Å². The van der Waals surface area contributed by atoms with Crippen molar-refractivity contribution < 1.29 is 4.74 Å². The molecule has 31 heavy (non-hydrogen) atoms. The second-order valence-electron chi connectivity index (χ2n) is 7.47. The molecule has 0 atom stereocenters. The second-order valence-corrected chi connectivity index (χ2v) is 7.87. The third-order valence-electron chi connectivity index (χ3n) is 5.34. The molecule has 0 unspecified atom stereocenters. The first kappa shape index (κ1) is 20.8. The summed E-state index contributed by atoms with van der Waals surface area (Å²) in [6.45, 7) is 0.674. The molecule has 2 aromatic carbocycles. The maximum absolute atomic E-state index is 13.1. The summed E-state index contributed by atoms with van der Waals surface area (Å²) in [5.74, 6) is 1.59. The Kier molecular flexibility index (Phi) is 5.57. The third kappa shape index (κ3) is 4.07. The van der Waals surface area contributed by atoms with Gasteiger partial charge in [-0.1, -0.05) is 23.7 Å². The molecule has 0 radical (unpaired) electrons. The smallest absolute Gasteiger partial charge is 0.258 e. The van der Waals surface area contributed by atoms with Gasteiger partial charge in [0.1, 0.15) is 11.6 Å². The average Bonchev–Trinajstić information content (AvgIpc) is 2.78. The molecular weight excluding hydrogens is 412 g/mol. The fourth-order valence-corrected chi connectivity index (χ4v) is 3.81. The highest BCUT2D eigenvalue weighted by Gasteiger charge is 2.14. The Hall–Kier alpha value is -3.51. The number of anilines is 2. The van der Waals surface area contributed by atoms with E-state index in [1.165, 1.54) is 0 Å². The van der Waals surface area contributed by atoms with Gasteiger partial charge in [-0.3, -0.25) is 4.79 Å². The Morgan fingerprint density at radius 2 is 1.84 bits per heavy atom. The number of methoxy groups -OCH3 is 1. The first-order chi connectivity index (χ1) is 14.9. The molecule has 0 aliphatic carbocycles. The summed E-state index contributed by atoms with van der Waals surface area (Å²) < 4.78 is 6.83. The second kappa shape index (κ2) is 8.32. The van der Waals surface area contributed by atoms with E-state index in [-0.39, 0.29) is 5.56 Å². The lowest BCUT2D eigenvalue weighted by Gasteiger charge is -2.19.